The van der Waals surface area contributed by atoms with Crippen molar-refractivity contribution < 1.29 is 0 Å². The van der Waals surface area contributed by atoms with Gasteiger partial charge in [0.25, 0.3) is 0 Å². The van der Waals surface area contributed by atoms with Crippen LogP contribution in [0.15, 0.2) is 381 Å². The van der Waals surface area contributed by atoms with Crippen LogP contribution in [-0.4, -0.2) is 6.26 Å². The summed E-state index contributed by atoms with van der Waals surface area (Å²) >= 11 is 1.76. The number of nitrogens with zero attached hydrogens (tertiary/aromatic N) is 2. The second-order valence-corrected chi connectivity index (χ2v) is 25.0. The summed E-state index contributed by atoms with van der Waals surface area (Å²) in [6, 6.07) is 137. The third kappa shape index (κ3) is 13.6. The summed E-state index contributed by atoms with van der Waals surface area (Å²) in [5, 5.41) is 0. The lowest BCUT2D eigenvalue weighted by Gasteiger charge is -2.26. The molecule has 0 spiro atoms. The summed E-state index contributed by atoms with van der Waals surface area (Å²) in [6.45, 7) is 4.49. The quantitative estimate of drug-likeness (QED) is 0.0588. The summed E-state index contributed by atoms with van der Waals surface area (Å²) in [7, 11) is 0. The van der Waals surface area contributed by atoms with Crippen molar-refractivity contribution >= 4 is 68.2 Å². The summed E-state index contributed by atoms with van der Waals surface area (Å²) < 4.78 is 0. The molecule has 0 heterocycles. The third-order valence-corrected chi connectivity index (χ3v) is 18.6. The first-order chi connectivity index (χ1) is 46.9. The van der Waals surface area contributed by atoms with Gasteiger partial charge in [0.15, 0.2) is 0 Å². The number of hydrogen-bond acceptors (Lipinski definition) is 3. The highest BCUT2D eigenvalue weighted by atomic mass is 32.2. The predicted molar refractivity (Wildman–Crippen MR) is 407 cm³/mol. The van der Waals surface area contributed by atoms with Crippen LogP contribution in [-0.2, 0) is 0 Å². The van der Waals surface area contributed by atoms with Gasteiger partial charge in [0.05, 0.1) is 0 Å². The molecular formula is C92H72N2S. The van der Waals surface area contributed by atoms with E-state index in [9.17, 15) is 0 Å². The van der Waals surface area contributed by atoms with Gasteiger partial charge in [-0.2, -0.15) is 0 Å². The molecule has 0 aliphatic rings. The monoisotopic (exact) mass is 1240 g/mol. The Morgan fingerprint density at radius 3 is 0.779 bits per heavy atom. The van der Waals surface area contributed by atoms with Gasteiger partial charge < -0.3 is 9.80 Å². The molecule has 0 N–H and O–H groups in total. The Hall–Kier alpha value is -11.5. The fourth-order valence-electron chi connectivity index (χ4n) is 13.0. The predicted octanol–water partition coefficient (Wildman–Crippen LogP) is 25.5. The molecular weight excluding hydrogens is 1170 g/mol. The molecule has 0 saturated carbocycles. The maximum Gasteiger partial charge on any atom is 0.0462 e. The van der Waals surface area contributed by atoms with E-state index in [1.165, 1.54) is 49.4 Å². The zero-order valence-electron chi connectivity index (χ0n) is 53.7. The smallest absolute Gasteiger partial charge is 0.0462 e. The van der Waals surface area contributed by atoms with Gasteiger partial charge in [-0.3, -0.25) is 0 Å². The average Bonchev–Trinajstić information content (AvgIpc) is 0.845. The second-order valence-electron chi connectivity index (χ2n) is 24.2. The van der Waals surface area contributed by atoms with E-state index in [-0.39, 0.29) is 0 Å². The average molecular weight is 1240 g/mol. The molecule has 3 heteroatoms. The van der Waals surface area contributed by atoms with Crippen molar-refractivity contribution in [3.8, 4) is 33.4 Å². The lowest BCUT2D eigenvalue weighted by atomic mass is 9.84. The van der Waals surface area contributed by atoms with Crippen molar-refractivity contribution in [1.29, 1.82) is 0 Å². The number of rotatable bonds is 19. The van der Waals surface area contributed by atoms with Gasteiger partial charge in [-0.15, -0.1) is 11.8 Å². The van der Waals surface area contributed by atoms with Crippen LogP contribution < -0.4 is 9.80 Å². The molecule has 14 rings (SSSR count). The standard InChI is InChI=1S/C92H72N2S/c1-66(2)67-45-53-83(54-46-67)93(82-35-20-9-21-36-82)84-59-51-72(52-60-84)80-33-22-34-81(65-80)92(77-31-18-8-19-32-77)91(76-29-16-7-17-30-76)79-43-39-69(40-44-79)71-49-57-86(58-50-71)94(87-61-63-88(95-3)64-62-87)85-55-47-70(48-56-85)68-37-41-78(42-38-68)90(75-27-14-6-15-28-75)89(73-23-10-4-11-24-73)74-25-12-5-13-26-74/h4-66H,1-3H3/b92-91+. The zero-order valence-corrected chi connectivity index (χ0v) is 54.5. The maximum absolute atomic E-state index is 2.36. The Labute approximate surface area is 564 Å². The zero-order chi connectivity index (χ0) is 64.3. The number of para-hydroxylation sites is 1. The molecule has 0 aromatic heterocycles. The molecule has 95 heavy (non-hydrogen) atoms. The van der Waals surface area contributed by atoms with E-state index in [1.807, 2.05) is 0 Å². The third-order valence-electron chi connectivity index (χ3n) is 17.9. The Kier molecular flexibility index (Phi) is 18.4. The van der Waals surface area contributed by atoms with E-state index in [0.717, 1.165) is 95.3 Å². The maximum atomic E-state index is 2.36. The topological polar surface area (TPSA) is 6.48 Å². The molecule has 0 unspecified atom stereocenters. The minimum Gasteiger partial charge on any atom is -0.311 e. The van der Waals surface area contributed by atoms with Gasteiger partial charge >= 0.3 is 0 Å². The fourth-order valence-corrected chi connectivity index (χ4v) is 13.4. The number of hydrogen-bond donors (Lipinski definition) is 0. The molecule has 0 aliphatic carbocycles. The molecule has 14 aromatic carbocycles. The van der Waals surface area contributed by atoms with Gasteiger partial charge in [0.2, 0.25) is 0 Å². The van der Waals surface area contributed by atoms with Crippen LogP contribution in [0, 0.1) is 0 Å². The summed E-state index contributed by atoms with van der Waals surface area (Å²) in [4.78, 5) is 5.92. The minimum atomic E-state index is 0.463. The van der Waals surface area contributed by atoms with Crippen LogP contribution in [0.3, 0.4) is 0 Å². The molecule has 0 bridgehead atoms. The Morgan fingerprint density at radius 1 is 0.221 bits per heavy atom. The van der Waals surface area contributed by atoms with Gasteiger partial charge in [-0.25, -0.2) is 0 Å². The Morgan fingerprint density at radius 2 is 0.463 bits per heavy atom. The van der Waals surface area contributed by atoms with Crippen LogP contribution in [0.1, 0.15) is 69.8 Å². The van der Waals surface area contributed by atoms with Crippen LogP contribution >= 0.6 is 11.8 Å². The summed E-state index contributed by atoms with van der Waals surface area (Å²) in [5.74, 6) is 0.463. The fraction of sp³-hybridized carbons (Fsp3) is 0.0435. The first-order valence-corrected chi connectivity index (χ1v) is 33.9. The van der Waals surface area contributed by atoms with Crippen molar-refractivity contribution in [2.45, 2.75) is 24.7 Å². The number of anilines is 6. The van der Waals surface area contributed by atoms with Gasteiger partial charge in [0.1, 0.15) is 0 Å². The van der Waals surface area contributed by atoms with Crippen molar-refractivity contribution in [2.75, 3.05) is 16.1 Å². The number of thioether (sulfide) groups is 1. The van der Waals surface area contributed by atoms with Crippen LogP contribution in [0.2, 0.25) is 0 Å². The van der Waals surface area contributed by atoms with E-state index in [0.29, 0.717) is 5.92 Å². The van der Waals surface area contributed by atoms with Crippen molar-refractivity contribution in [3.63, 3.8) is 0 Å². The molecule has 0 saturated heterocycles. The highest BCUT2D eigenvalue weighted by Gasteiger charge is 2.21. The van der Waals surface area contributed by atoms with E-state index in [4.69, 9.17) is 0 Å². The van der Waals surface area contributed by atoms with E-state index < -0.39 is 0 Å². The number of benzene rings is 14. The van der Waals surface area contributed by atoms with E-state index in [1.54, 1.807) is 11.8 Å². The molecule has 456 valence electrons. The normalized spacial score (nSPS) is 11.4. The van der Waals surface area contributed by atoms with Crippen molar-refractivity contribution in [1.82, 2.24) is 0 Å². The van der Waals surface area contributed by atoms with Crippen molar-refractivity contribution in [2.24, 2.45) is 0 Å². The minimum absolute atomic E-state index is 0.463. The van der Waals surface area contributed by atoms with Gasteiger partial charge in [0, 0.05) is 39.0 Å². The summed E-state index contributed by atoms with van der Waals surface area (Å²) in [5.41, 5.74) is 28.9. The molecule has 14 aromatic rings. The molecule has 0 amide bonds. The Balaban J connectivity index is 0.769. The van der Waals surface area contributed by atoms with Gasteiger partial charge in [-0.05, 0) is 209 Å². The highest BCUT2D eigenvalue weighted by molar-refractivity contribution is 7.98. The molecule has 2 nitrogen and oxygen atoms in total. The second kappa shape index (κ2) is 28.6. The molecule has 0 aliphatic heterocycles. The molecule has 0 atom stereocenters. The molecule has 0 radical (unpaired) electrons. The lowest BCUT2D eigenvalue weighted by molar-refractivity contribution is 0.866. The van der Waals surface area contributed by atoms with Crippen molar-refractivity contribution in [3.05, 3.63) is 426 Å². The largest absolute Gasteiger partial charge is 0.311 e. The highest BCUT2D eigenvalue weighted by Crippen LogP contribution is 2.44. The van der Waals surface area contributed by atoms with E-state index >= 15 is 0 Å². The van der Waals surface area contributed by atoms with Crippen LogP contribution in [0.25, 0.3) is 55.7 Å². The summed E-state index contributed by atoms with van der Waals surface area (Å²) in [6.07, 6.45) is 2.13. The van der Waals surface area contributed by atoms with Gasteiger partial charge in [-0.1, -0.05) is 299 Å². The van der Waals surface area contributed by atoms with Crippen LogP contribution in [0.5, 0.6) is 0 Å². The SMILES string of the molecule is CSc1ccc(N(c2ccc(-c3ccc(C(=C(c4ccccc4)c4ccccc4)c4ccccc4)cc3)cc2)c2ccc(-c3ccc(/C(=C(\c4ccccc4)c4cccc(-c5ccc(N(c6ccccc6)c6ccc(C(C)C)cc6)cc5)c4)c4ccccc4)cc3)cc2)cc1. The first kappa shape index (κ1) is 61.0. The lowest BCUT2D eigenvalue weighted by Crippen LogP contribution is -2.09. The molecule has 0 fully saturated rings. The van der Waals surface area contributed by atoms with E-state index in [2.05, 4.69) is 406 Å². The first-order valence-electron chi connectivity index (χ1n) is 32.7. The Bertz CT molecular complexity index is 4840. The van der Waals surface area contributed by atoms with Crippen LogP contribution in [0.4, 0.5) is 34.1 Å².